The Labute approximate surface area is 76.7 Å². The molecule has 0 bridgehead atoms. The van der Waals surface area contributed by atoms with Crippen LogP contribution in [0.1, 0.15) is 47.0 Å². The molecule has 2 aliphatic rings. The Kier molecular flexibility index (Phi) is 1.79. The highest BCUT2D eigenvalue weighted by molar-refractivity contribution is 4.99. The second kappa shape index (κ2) is 2.49. The van der Waals surface area contributed by atoms with Crippen molar-refractivity contribution in [1.82, 2.24) is 0 Å². The van der Waals surface area contributed by atoms with Gasteiger partial charge in [-0.15, -0.1) is 0 Å². The Morgan fingerprint density at radius 2 is 1.75 bits per heavy atom. The van der Waals surface area contributed by atoms with Crippen LogP contribution in [-0.4, -0.2) is 0 Å². The third-order valence-corrected chi connectivity index (χ3v) is 4.43. The van der Waals surface area contributed by atoms with Crippen molar-refractivity contribution in [1.29, 1.82) is 0 Å². The van der Waals surface area contributed by atoms with Crippen LogP contribution in [0.2, 0.25) is 0 Å². The van der Waals surface area contributed by atoms with Gasteiger partial charge in [0.1, 0.15) is 0 Å². The quantitative estimate of drug-likeness (QED) is 0.514. The van der Waals surface area contributed by atoms with Gasteiger partial charge in [0.15, 0.2) is 0 Å². The summed E-state index contributed by atoms with van der Waals surface area (Å²) in [6.07, 6.45) is 4.48. The average molecular weight is 166 g/mol. The van der Waals surface area contributed by atoms with Crippen LogP contribution in [0.5, 0.6) is 0 Å². The molecule has 2 rings (SSSR count). The molecular formula is C12H22. The van der Waals surface area contributed by atoms with Crippen molar-refractivity contribution in [3.63, 3.8) is 0 Å². The summed E-state index contributed by atoms with van der Waals surface area (Å²) in [5.74, 6) is 4.11. The molecule has 0 amide bonds. The maximum absolute atomic E-state index is 2.48. The van der Waals surface area contributed by atoms with Gasteiger partial charge >= 0.3 is 0 Å². The molecular weight excluding hydrogens is 144 g/mol. The van der Waals surface area contributed by atoms with Crippen molar-refractivity contribution in [2.24, 2.45) is 29.1 Å². The lowest BCUT2D eigenvalue weighted by Crippen LogP contribution is -2.18. The molecule has 0 aromatic carbocycles. The molecule has 0 saturated heterocycles. The van der Waals surface area contributed by atoms with E-state index in [2.05, 4.69) is 27.7 Å². The Balaban J connectivity index is 2.19. The Bertz CT molecular complexity index is 180. The zero-order chi connectivity index (χ0) is 8.93. The van der Waals surface area contributed by atoms with E-state index in [4.69, 9.17) is 0 Å². The van der Waals surface area contributed by atoms with E-state index in [1.165, 1.54) is 19.3 Å². The number of fused-ring (bicyclic) bond motifs is 1. The van der Waals surface area contributed by atoms with Gasteiger partial charge in [0.25, 0.3) is 0 Å². The van der Waals surface area contributed by atoms with Gasteiger partial charge in [0.05, 0.1) is 0 Å². The van der Waals surface area contributed by atoms with Crippen molar-refractivity contribution in [3.05, 3.63) is 0 Å². The first-order valence-corrected chi connectivity index (χ1v) is 5.50. The van der Waals surface area contributed by atoms with Gasteiger partial charge in [-0.2, -0.15) is 0 Å². The topological polar surface area (TPSA) is 0 Å². The van der Waals surface area contributed by atoms with Crippen LogP contribution < -0.4 is 0 Å². The van der Waals surface area contributed by atoms with Crippen molar-refractivity contribution >= 4 is 0 Å². The number of rotatable bonds is 0. The van der Waals surface area contributed by atoms with Crippen LogP contribution in [0.3, 0.4) is 0 Å². The fourth-order valence-corrected chi connectivity index (χ4v) is 3.99. The Morgan fingerprint density at radius 3 is 2.33 bits per heavy atom. The van der Waals surface area contributed by atoms with Crippen molar-refractivity contribution in [2.75, 3.05) is 0 Å². The third-order valence-electron chi connectivity index (χ3n) is 4.43. The monoisotopic (exact) mass is 166 g/mol. The summed E-state index contributed by atoms with van der Waals surface area (Å²) >= 11 is 0. The first-order chi connectivity index (χ1) is 5.50. The van der Waals surface area contributed by atoms with Crippen molar-refractivity contribution in [3.8, 4) is 0 Å². The molecule has 12 heavy (non-hydrogen) atoms. The van der Waals surface area contributed by atoms with E-state index >= 15 is 0 Å². The maximum atomic E-state index is 2.48. The van der Waals surface area contributed by atoms with E-state index in [1.54, 1.807) is 0 Å². The molecule has 4 unspecified atom stereocenters. The molecule has 0 aliphatic heterocycles. The highest BCUT2D eigenvalue weighted by atomic mass is 14.5. The summed E-state index contributed by atoms with van der Waals surface area (Å²) in [5, 5.41) is 0. The SMILES string of the molecule is CC1CC2C(C)CC(C)(C)C2C1. The van der Waals surface area contributed by atoms with Gasteiger partial charge in [-0.05, 0) is 48.3 Å². The molecule has 0 N–H and O–H groups in total. The fourth-order valence-electron chi connectivity index (χ4n) is 3.99. The molecule has 2 aliphatic carbocycles. The van der Waals surface area contributed by atoms with Gasteiger partial charge < -0.3 is 0 Å². The highest BCUT2D eigenvalue weighted by Crippen LogP contribution is 2.58. The lowest BCUT2D eigenvalue weighted by molar-refractivity contribution is 0.236. The zero-order valence-electron chi connectivity index (χ0n) is 8.93. The standard InChI is InChI=1S/C12H22/c1-8-5-10-9(2)7-12(3,4)11(10)6-8/h8-11H,5-7H2,1-4H3. The van der Waals surface area contributed by atoms with Crippen LogP contribution in [0.15, 0.2) is 0 Å². The average Bonchev–Trinajstić information content (AvgIpc) is 2.37. The molecule has 0 radical (unpaired) electrons. The largest absolute Gasteiger partial charge is 0.0625 e. The van der Waals surface area contributed by atoms with E-state index in [0.717, 1.165) is 23.7 Å². The minimum absolute atomic E-state index is 0.648. The second-order valence-electron chi connectivity index (χ2n) is 6.02. The van der Waals surface area contributed by atoms with Crippen molar-refractivity contribution in [2.45, 2.75) is 47.0 Å². The van der Waals surface area contributed by atoms with Gasteiger partial charge in [0, 0.05) is 0 Å². The van der Waals surface area contributed by atoms with E-state index < -0.39 is 0 Å². The molecule has 4 atom stereocenters. The molecule has 0 spiro atoms. The second-order valence-corrected chi connectivity index (χ2v) is 6.02. The summed E-state index contributed by atoms with van der Waals surface area (Å²) in [4.78, 5) is 0. The van der Waals surface area contributed by atoms with Crippen LogP contribution in [-0.2, 0) is 0 Å². The highest BCUT2D eigenvalue weighted by Gasteiger charge is 2.49. The molecule has 0 nitrogen and oxygen atoms in total. The summed E-state index contributed by atoms with van der Waals surface area (Å²) < 4.78 is 0. The Hall–Kier alpha value is 0. The molecule has 0 aromatic rings. The predicted octanol–water partition coefficient (Wildman–Crippen LogP) is 3.71. The minimum Gasteiger partial charge on any atom is -0.0625 e. The lowest BCUT2D eigenvalue weighted by Gasteiger charge is -2.26. The van der Waals surface area contributed by atoms with E-state index in [1.807, 2.05) is 0 Å². The zero-order valence-corrected chi connectivity index (χ0v) is 8.93. The van der Waals surface area contributed by atoms with E-state index in [-0.39, 0.29) is 0 Å². The predicted molar refractivity (Wildman–Crippen MR) is 52.9 cm³/mol. The van der Waals surface area contributed by atoms with Crippen molar-refractivity contribution < 1.29 is 0 Å². The first kappa shape index (κ1) is 8.59. The molecule has 0 heteroatoms. The summed E-state index contributed by atoms with van der Waals surface area (Å²) in [5.41, 5.74) is 0.648. The summed E-state index contributed by atoms with van der Waals surface area (Å²) in [6, 6.07) is 0. The van der Waals surface area contributed by atoms with E-state index in [0.29, 0.717) is 5.41 Å². The molecule has 70 valence electrons. The van der Waals surface area contributed by atoms with Gasteiger partial charge in [-0.1, -0.05) is 27.7 Å². The molecule has 0 heterocycles. The van der Waals surface area contributed by atoms with Gasteiger partial charge in [-0.3, -0.25) is 0 Å². The van der Waals surface area contributed by atoms with E-state index in [9.17, 15) is 0 Å². The van der Waals surface area contributed by atoms with Crippen LogP contribution in [0.25, 0.3) is 0 Å². The number of hydrogen-bond donors (Lipinski definition) is 0. The third kappa shape index (κ3) is 1.11. The molecule has 2 saturated carbocycles. The molecule has 0 aromatic heterocycles. The minimum atomic E-state index is 0.648. The normalized spacial score (nSPS) is 51.0. The summed E-state index contributed by atoms with van der Waals surface area (Å²) in [7, 11) is 0. The first-order valence-electron chi connectivity index (χ1n) is 5.50. The smallest absolute Gasteiger partial charge is 0.0320 e. The van der Waals surface area contributed by atoms with Crippen LogP contribution in [0, 0.1) is 29.1 Å². The lowest BCUT2D eigenvalue weighted by atomic mass is 9.79. The number of hydrogen-bond acceptors (Lipinski definition) is 0. The Morgan fingerprint density at radius 1 is 1.08 bits per heavy atom. The maximum Gasteiger partial charge on any atom is -0.0320 e. The van der Waals surface area contributed by atoms with Crippen LogP contribution >= 0.6 is 0 Å². The molecule has 2 fully saturated rings. The summed E-state index contributed by atoms with van der Waals surface area (Å²) in [6.45, 7) is 9.85. The van der Waals surface area contributed by atoms with Gasteiger partial charge in [0.2, 0.25) is 0 Å². The van der Waals surface area contributed by atoms with Gasteiger partial charge in [-0.25, -0.2) is 0 Å². The van der Waals surface area contributed by atoms with Crippen LogP contribution in [0.4, 0.5) is 0 Å². The fraction of sp³-hybridized carbons (Fsp3) is 1.00.